The summed E-state index contributed by atoms with van der Waals surface area (Å²) in [5.41, 5.74) is 1.29. The van der Waals surface area contributed by atoms with Gasteiger partial charge in [-0.1, -0.05) is 40.0 Å². The van der Waals surface area contributed by atoms with Crippen molar-refractivity contribution in [3.05, 3.63) is 56.9 Å². The van der Waals surface area contributed by atoms with Crippen LogP contribution >= 0.6 is 34.8 Å². The zero-order chi connectivity index (χ0) is 15.7. The highest BCUT2D eigenvalue weighted by atomic mass is 35.5. The Hall–Kier alpha value is -2.07. The second-order valence-corrected chi connectivity index (χ2v) is 5.63. The fraction of sp³-hybridized carbons (Fsp3) is 0.0769. The first-order valence-electron chi connectivity index (χ1n) is 6.05. The first kappa shape index (κ1) is 14.9. The van der Waals surface area contributed by atoms with Crippen molar-refractivity contribution in [3.8, 4) is 11.9 Å². The van der Waals surface area contributed by atoms with Crippen LogP contribution in [-0.2, 0) is 6.54 Å². The van der Waals surface area contributed by atoms with Crippen LogP contribution < -0.4 is 0 Å². The van der Waals surface area contributed by atoms with Crippen molar-refractivity contribution in [2.75, 3.05) is 0 Å². The monoisotopic (exact) mass is 352 g/mol. The summed E-state index contributed by atoms with van der Waals surface area (Å²) < 4.78 is 3.09. The highest BCUT2D eigenvalue weighted by molar-refractivity contribution is 6.48. The first-order valence-corrected chi connectivity index (χ1v) is 7.19. The maximum absolute atomic E-state index is 8.79. The third-order valence-corrected chi connectivity index (χ3v) is 4.06. The van der Waals surface area contributed by atoms with Crippen molar-refractivity contribution in [2.24, 2.45) is 0 Å². The molecule has 3 rings (SSSR count). The van der Waals surface area contributed by atoms with Crippen LogP contribution in [0.4, 0.5) is 0 Å². The van der Waals surface area contributed by atoms with Crippen molar-refractivity contribution < 1.29 is 0 Å². The smallest absolute Gasteiger partial charge is 0.195 e. The van der Waals surface area contributed by atoms with Gasteiger partial charge < -0.3 is 0 Å². The van der Waals surface area contributed by atoms with E-state index in [-0.39, 0.29) is 0 Å². The number of halogens is 3. The molecule has 0 saturated heterocycles. The van der Waals surface area contributed by atoms with Crippen molar-refractivity contribution in [1.82, 2.24) is 24.8 Å². The molecule has 22 heavy (non-hydrogen) atoms. The predicted octanol–water partition coefficient (Wildman–Crippen LogP) is 3.34. The Morgan fingerprint density at radius 3 is 2.50 bits per heavy atom. The Balaban J connectivity index is 1.84. The molecule has 0 fully saturated rings. The van der Waals surface area contributed by atoms with Crippen LogP contribution in [0.15, 0.2) is 30.7 Å². The molecule has 0 atom stereocenters. The summed E-state index contributed by atoms with van der Waals surface area (Å²) >= 11 is 17.9. The average Bonchev–Trinajstić information content (AvgIpc) is 3.13. The Kier molecular flexibility index (Phi) is 4.03. The lowest BCUT2D eigenvalue weighted by atomic mass is 10.2. The van der Waals surface area contributed by atoms with Crippen LogP contribution in [0.2, 0.25) is 15.1 Å². The van der Waals surface area contributed by atoms with Gasteiger partial charge in [-0.15, -0.1) is 5.10 Å². The third kappa shape index (κ3) is 2.92. The summed E-state index contributed by atoms with van der Waals surface area (Å²) in [5.74, 6) is 0.507. The molecular weight excluding hydrogens is 347 g/mol. The van der Waals surface area contributed by atoms with E-state index < -0.39 is 0 Å². The molecule has 0 spiro atoms. The molecule has 0 radical (unpaired) electrons. The molecule has 0 amide bonds. The van der Waals surface area contributed by atoms with Gasteiger partial charge in [0.25, 0.3) is 0 Å². The maximum Gasteiger partial charge on any atom is 0.195 e. The minimum absolute atomic E-state index is 0.326. The SMILES string of the molecule is N#Cc1cnn(-c2cn(Cc3cc(Cl)c(Cl)c(Cl)c3)nn2)c1. The number of nitriles is 1. The van der Waals surface area contributed by atoms with Crippen molar-refractivity contribution in [3.63, 3.8) is 0 Å². The summed E-state index contributed by atoms with van der Waals surface area (Å²) in [6.45, 7) is 0.427. The van der Waals surface area contributed by atoms with Crippen LogP contribution in [-0.4, -0.2) is 24.8 Å². The Morgan fingerprint density at radius 2 is 1.86 bits per heavy atom. The molecule has 0 unspecified atom stereocenters. The highest BCUT2D eigenvalue weighted by Gasteiger charge is 2.09. The Morgan fingerprint density at radius 1 is 1.14 bits per heavy atom. The van der Waals surface area contributed by atoms with Gasteiger partial charge in [-0.2, -0.15) is 10.4 Å². The number of rotatable bonds is 3. The zero-order valence-electron chi connectivity index (χ0n) is 10.9. The molecule has 0 bridgehead atoms. The maximum atomic E-state index is 8.79. The lowest BCUT2D eigenvalue weighted by Crippen LogP contribution is -2.00. The van der Waals surface area contributed by atoms with Crippen LogP contribution in [0.1, 0.15) is 11.1 Å². The average molecular weight is 354 g/mol. The van der Waals surface area contributed by atoms with Crippen LogP contribution in [0.5, 0.6) is 0 Å². The third-order valence-electron chi connectivity index (χ3n) is 2.86. The van der Waals surface area contributed by atoms with Crippen molar-refractivity contribution in [2.45, 2.75) is 6.54 Å². The second kappa shape index (κ2) is 5.97. The minimum atomic E-state index is 0.326. The van der Waals surface area contributed by atoms with Gasteiger partial charge in [0.2, 0.25) is 0 Å². The summed E-state index contributed by atoms with van der Waals surface area (Å²) in [6.07, 6.45) is 4.73. The van der Waals surface area contributed by atoms with E-state index in [1.807, 2.05) is 6.07 Å². The molecule has 0 saturated carbocycles. The summed E-state index contributed by atoms with van der Waals surface area (Å²) in [7, 11) is 0. The standard InChI is InChI=1S/C13H7Cl3N6/c14-10-1-8(2-11(15)13(10)16)5-21-7-12(19-20-21)22-6-9(3-17)4-18-22/h1-2,4,6-7H,5H2. The first-order chi connectivity index (χ1) is 10.6. The van der Waals surface area contributed by atoms with E-state index in [4.69, 9.17) is 40.1 Å². The van der Waals surface area contributed by atoms with E-state index in [1.54, 1.807) is 29.2 Å². The van der Waals surface area contributed by atoms with Gasteiger partial charge >= 0.3 is 0 Å². The molecule has 1 aromatic carbocycles. The van der Waals surface area contributed by atoms with Gasteiger partial charge in [-0.05, 0) is 17.7 Å². The molecule has 0 aliphatic carbocycles. The van der Waals surface area contributed by atoms with Crippen LogP contribution in [0, 0.1) is 11.3 Å². The summed E-state index contributed by atoms with van der Waals surface area (Å²) in [6, 6.07) is 5.44. The fourth-order valence-electron chi connectivity index (χ4n) is 1.86. The molecule has 2 aromatic heterocycles. The molecule has 6 nitrogen and oxygen atoms in total. The lowest BCUT2D eigenvalue weighted by molar-refractivity contribution is 0.649. The normalized spacial score (nSPS) is 10.6. The molecule has 0 aliphatic heterocycles. The van der Waals surface area contributed by atoms with Crippen LogP contribution in [0.3, 0.4) is 0 Å². The number of benzene rings is 1. The van der Waals surface area contributed by atoms with E-state index in [2.05, 4.69) is 15.4 Å². The number of hydrogen-bond acceptors (Lipinski definition) is 4. The van der Waals surface area contributed by atoms with Crippen molar-refractivity contribution >= 4 is 34.8 Å². The van der Waals surface area contributed by atoms with E-state index in [0.717, 1.165) is 5.56 Å². The summed E-state index contributed by atoms with van der Waals surface area (Å²) in [5, 5.41) is 21.9. The van der Waals surface area contributed by atoms with E-state index in [1.165, 1.54) is 10.9 Å². The molecule has 9 heteroatoms. The largest absolute Gasteiger partial charge is 0.246 e. The van der Waals surface area contributed by atoms with Crippen LogP contribution in [0.25, 0.3) is 5.82 Å². The molecule has 0 N–H and O–H groups in total. The number of aromatic nitrogens is 5. The Labute approximate surface area is 140 Å². The Bertz CT molecular complexity index is 853. The second-order valence-electron chi connectivity index (χ2n) is 4.43. The van der Waals surface area contributed by atoms with Gasteiger partial charge in [0, 0.05) is 0 Å². The van der Waals surface area contributed by atoms with Gasteiger partial charge in [0.1, 0.15) is 6.07 Å². The fourth-order valence-corrected chi connectivity index (χ4v) is 2.50. The van der Waals surface area contributed by atoms with Gasteiger partial charge in [-0.3, -0.25) is 0 Å². The number of nitrogens with zero attached hydrogens (tertiary/aromatic N) is 6. The van der Waals surface area contributed by atoms with E-state index in [0.29, 0.717) is 33.0 Å². The van der Waals surface area contributed by atoms with Gasteiger partial charge in [0.05, 0.1) is 45.8 Å². The number of hydrogen-bond donors (Lipinski definition) is 0. The molecule has 0 aliphatic rings. The summed E-state index contributed by atoms with van der Waals surface area (Å²) in [4.78, 5) is 0. The van der Waals surface area contributed by atoms with Gasteiger partial charge in [-0.25, -0.2) is 9.36 Å². The topological polar surface area (TPSA) is 72.3 Å². The molecule has 110 valence electrons. The quantitative estimate of drug-likeness (QED) is 0.677. The zero-order valence-corrected chi connectivity index (χ0v) is 13.2. The highest BCUT2D eigenvalue weighted by Crippen LogP contribution is 2.31. The lowest BCUT2D eigenvalue weighted by Gasteiger charge is -2.05. The van der Waals surface area contributed by atoms with E-state index in [9.17, 15) is 0 Å². The molecule has 3 aromatic rings. The molecular formula is C13H7Cl3N6. The minimum Gasteiger partial charge on any atom is -0.246 e. The van der Waals surface area contributed by atoms with Gasteiger partial charge in [0.15, 0.2) is 5.82 Å². The predicted molar refractivity (Wildman–Crippen MR) is 82.4 cm³/mol. The molecule has 2 heterocycles. The van der Waals surface area contributed by atoms with Crippen molar-refractivity contribution in [1.29, 1.82) is 5.26 Å². The van der Waals surface area contributed by atoms with E-state index >= 15 is 0 Å².